The van der Waals surface area contributed by atoms with Crippen LogP contribution in [-0.4, -0.2) is 55.2 Å². The van der Waals surface area contributed by atoms with Crippen molar-refractivity contribution in [3.63, 3.8) is 0 Å². The predicted octanol–water partition coefficient (Wildman–Crippen LogP) is 5.17. The smallest absolute Gasteiger partial charge is 0.454 e. The van der Waals surface area contributed by atoms with Crippen LogP contribution in [0.5, 0.6) is 5.75 Å². The summed E-state index contributed by atoms with van der Waals surface area (Å²) in [6.07, 6.45) is -1.26. The minimum absolute atomic E-state index is 0.00549. The number of halogens is 7. The van der Waals surface area contributed by atoms with Crippen LogP contribution in [-0.2, 0) is 0 Å². The van der Waals surface area contributed by atoms with Gasteiger partial charge in [0.05, 0.1) is 13.2 Å². The van der Waals surface area contributed by atoms with Crippen molar-refractivity contribution in [3.05, 3.63) is 29.3 Å². The molecule has 0 radical (unpaired) electrons. The Morgan fingerprint density at radius 3 is 2.21 bits per heavy atom. The lowest BCUT2D eigenvalue weighted by atomic mass is 9.90. The van der Waals surface area contributed by atoms with Gasteiger partial charge in [0.1, 0.15) is 22.9 Å². The number of carbonyl (C=O) groups excluding carboxylic acids is 1. The maximum absolute atomic E-state index is 14.2. The Morgan fingerprint density at radius 1 is 1.03 bits per heavy atom. The van der Waals surface area contributed by atoms with Crippen LogP contribution in [0.15, 0.2) is 12.1 Å². The Morgan fingerprint density at radius 2 is 1.65 bits per heavy atom. The molecule has 3 aliphatic rings. The normalized spacial score (nSPS) is 24.2. The van der Waals surface area contributed by atoms with E-state index < -0.39 is 41.7 Å². The summed E-state index contributed by atoms with van der Waals surface area (Å²) in [5.74, 6) is -6.52. The molecule has 3 fully saturated rings. The highest BCUT2D eigenvalue weighted by molar-refractivity contribution is 5.95. The van der Waals surface area contributed by atoms with E-state index in [1.165, 1.54) is 4.90 Å². The van der Waals surface area contributed by atoms with Crippen LogP contribution in [0.1, 0.15) is 48.9 Å². The molecular formula is C23H27F7N2O2. The molecule has 1 aliphatic heterocycles. The first-order valence-electron chi connectivity index (χ1n) is 11.5. The largest absolute Gasteiger partial charge is 0.493 e. The van der Waals surface area contributed by atoms with Crippen LogP contribution in [0.25, 0.3) is 0 Å². The molecule has 4 nitrogen and oxygen atoms in total. The Hall–Kier alpha value is -2.04. The Labute approximate surface area is 192 Å². The first-order chi connectivity index (χ1) is 15.9. The molecule has 2 aliphatic carbocycles. The van der Waals surface area contributed by atoms with E-state index >= 15 is 0 Å². The summed E-state index contributed by atoms with van der Waals surface area (Å²) in [6, 6.07) is 1.95. The summed E-state index contributed by atoms with van der Waals surface area (Å²) in [5, 5.41) is 2.54. The van der Waals surface area contributed by atoms with Gasteiger partial charge in [-0.3, -0.25) is 9.69 Å². The summed E-state index contributed by atoms with van der Waals surface area (Å²) in [7, 11) is 0. The van der Waals surface area contributed by atoms with Crippen LogP contribution >= 0.6 is 0 Å². The van der Waals surface area contributed by atoms with Crippen molar-refractivity contribution in [2.24, 2.45) is 17.8 Å². The molecule has 1 amide bonds. The Kier molecular flexibility index (Phi) is 7.04. The van der Waals surface area contributed by atoms with Gasteiger partial charge in [-0.25, -0.2) is 8.78 Å². The molecule has 4 rings (SSSR count). The lowest BCUT2D eigenvalue weighted by Gasteiger charge is -2.34. The van der Waals surface area contributed by atoms with Crippen molar-refractivity contribution in [1.82, 2.24) is 10.2 Å². The first-order valence-corrected chi connectivity index (χ1v) is 11.5. The average Bonchev–Trinajstić information content (AvgIpc) is 3.64. The Bertz CT molecular complexity index is 873. The van der Waals surface area contributed by atoms with Gasteiger partial charge in [-0.1, -0.05) is 0 Å². The zero-order valence-corrected chi connectivity index (χ0v) is 18.4. The van der Waals surface area contributed by atoms with E-state index in [0.717, 1.165) is 31.4 Å². The fourth-order valence-corrected chi connectivity index (χ4v) is 4.75. The predicted molar refractivity (Wildman–Crippen MR) is 109 cm³/mol. The molecule has 1 N–H and O–H groups in total. The van der Waals surface area contributed by atoms with Gasteiger partial charge >= 0.3 is 12.1 Å². The molecule has 34 heavy (non-hydrogen) atoms. The SMILES string of the molecule is O=C(NC1CC1)c1c(F)cc(OCC[C@@H]2C[C@@H]2C2CCN(CC(F)(F)C(F)(F)F)CC2)cc1F. The number of alkyl halides is 5. The van der Waals surface area contributed by atoms with Crippen molar-refractivity contribution in [2.75, 3.05) is 26.2 Å². The number of hydrogen-bond donors (Lipinski definition) is 1. The second-order valence-corrected chi connectivity index (χ2v) is 9.62. The Balaban J connectivity index is 1.18. The quantitative estimate of drug-likeness (QED) is 0.480. The zero-order valence-electron chi connectivity index (χ0n) is 18.4. The molecule has 1 saturated heterocycles. The molecule has 0 unspecified atom stereocenters. The number of benzene rings is 1. The van der Waals surface area contributed by atoms with Gasteiger partial charge in [0.15, 0.2) is 0 Å². The van der Waals surface area contributed by atoms with Crippen LogP contribution < -0.4 is 10.1 Å². The number of amides is 1. The standard InChI is InChI=1S/C23H27F7N2O2/c24-18-10-16(11-19(25)20(18)21(33)31-15-1-2-15)34-8-5-14-9-17(14)13-3-6-32(7-4-13)12-22(26,27)23(28,29)30/h10-11,13-15,17H,1-9,12H2,(H,31,33)/t14-,17-/m1/s1. The fourth-order valence-electron chi connectivity index (χ4n) is 4.75. The lowest BCUT2D eigenvalue weighted by Crippen LogP contribution is -2.49. The maximum Gasteiger partial charge on any atom is 0.454 e. The van der Waals surface area contributed by atoms with E-state index in [2.05, 4.69) is 5.32 Å². The third-order valence-corrected chi connectivity index (χ3v) is 6.96. The topological polar surface area (TPSA) is 41.6 Å². The third kappa shape index (κ3) is 5.95. The number of likely N-dealkylation sites (tertiary alicyclic amines) is 1. The van der Waals surface area contributed by atoms with E-state index in [4.69, 9.17) is 4.74 Å². The van der Waals surface area contributed by atoms with Crippen molar-refractivity contribution in [1.29, 1.82) is 0 Å². The van der Waals surface area contributed by atoms with Gasteiger partial charge in [-0.15, -0.1) is 0 Å². The highest BCUT2D eigenvalue weighted by Crippen LogP contribution is 2.50. The molecule has 2 atom stereocenters. The number of rotatable bonds is 9. The van der Waals surface area contributed by atoms with Gasteiger partial charge in [0, 0.05) is 18.2 Å². The monoisotopic (exact) mass is 496 g/mol. The highest BCUT2D eigenvalue weighted by Gasteiger charge is 2.58. The molecule has 0 aromatic heterocycles. The lowest BCUT2D eigenvalue weighted by molar-refractivity contribution is -0.287. The molecule has 190 valence electrons. The molecule has 0 spiro atoms. The molecule has 0 bridgehead atoms. The van der Waals surface area contributed by atoms with Gasteiger partial charge < -0.3 is 10.1 Å². The minimum Gasteiger partial charge on any atom is -0.493 e. The third-order valence-electron chi connectivity index (χ3n) is 6.96. The highest BCUT2D eigenvalue weighted by atomic mass is 19.4. The number of nitrogens with one attached hydrogen (secondary N) is 1. The van der Waals surface area contributed by atoms with E-state index in [1.54, 1.807) is 0 Å². The fraction of sp³-hybridized carbons (Fsp3) is 0.696. The van der Waals surface area contributed by atoms with Crippen molar-refractivity contribution < 1.29 is 40.3 Å². The van der Waals surface area contributed by atoms with Crippen LogP contribution in [0.3, 0.4) is 0 Å². The number of ether oxygens (including phenoxy) is 1. The summed E-state index contributed by atoms with van der Waals surface area (Å²) < 4.78 is 97.6. The number of carbonyl (C=O) groups is 1. The van der Waals surface area contributed by atoms with Crippen molar-refractivity contribution in [3.8, 4) is 5.75 Å². The maximum atomic E-state index is 14.2. The van der Waals surface area contributed by atoms with E-state index in [0.29, 0.717) is 31.1 Å². The van der Waals surface area contributed by atoms with Gasteiger partial charge in [0.2, 0.25) is 0 Å². The van der Waals surface area contributed by atoms with Crippen LogP contribution in [0, 0.1) is 29.4 Å². The summed E-state index contributed by atoms with van der Waals surface area (Å²) in [5.41, 5.74) is -0.624. The second-order valence-electron chi connectivity index (χ2n) is 9.62. The van der Waals surface area contributed by atoms with Gasteiger partial charge in [0.25, 0.3) is 5.91 Å². The second kappa shape index (κ2) is 9.54. The van der Waals surface area contributed by atoms with E-state index in [1.807, 2.05) is 0 Å². The van der Waals surface area contributed by atoms with Crippen molar-refractivity contribution in [2.45, 2.75) is 56.7 Å². The summed E-state index contributed by atoms with van der Waals surface area (Å²) in [4.78, 5) is 13.1. The minimum atomic E-state index is -5.54. The van der Waals surface area contributed by atoms with Crippen LogP contribution in [0.2, 0.25) is 0 Å². The van der Waals surface area contributed by atoms with Gasteiger partial charge in [-0.05, 0) is 69.4 Å². The van der Waals surface area contributed by atoms with E-state index in [-0.39, 0.29) is 37.4 Å². The summed E-state index contributed by atoms with van der Waals surface area (Å²) in [6.45, 7) is -0.672. The zero-order chi connectivity index (χ0) is 24.7. The molecular weight excluding hydrogens is 469 g/mol. The molecule has 1 aromatic carbocycles. The van der Waals surface area contributed by atoms with Crippen LogP contribution in [0.4, 0.5) is 30.7 Å². The number of hydrogen-bond acceptors (Lipinski definition) is 3. The molecule has 1 heterocycles. The van der Waals surface area contributed by atoms with Crippen molar-refractivity contribution >= 4 is 5.91 Å². The molecule has 2 saturated carbocycles. The summed E-state index contributed by atoms with van der Waals surface area (Å²) >= 11 is 0. The van der Waals surface area contributed by atoms with E-state index in [9.17, 15) is 35.5 Å². The molecule has 1 aromatic rings. The average molecular weight is 496 g/mol. The number of piperidine rings is 1. The number of nitrogens with zero attached hydrogens (tertiary/aromatic N) is 1. The molecule has 11 heteroatoms. The first kappa shape index (κ1) is 25.1. The van der Waals surface area contributed by atoms with Gasteiger partial charge in [-0.2, -0.15) is 22.0 Å².